The van der Waals surface area contributed by atoms with Gasteiger partial charge in [0, 0.05) is 10.9 Å². The number of hydrogen-bond donors (Lipinski definition) is 0. The van der Waals surface area contributed by atoms with Crippen molar-refractivity contribution in [1.82, 2.24) is 0 Å². The van der Waals surface area contributed by atoms with Crippen LogP contribution in [0.5, 0.6) is 5.75 Å². The van der Waals surface area contributed by atoms with Gasteiger partial charge in [0.25, 0.3) is 0 Å². The summed E-state index contributed by atoms with van der Waals surface area (Å²) < 4.78 is 33.8. The molecule has 0 bridgehead atoms. The van der Waals surface area contributed by atoms with Gasteiger partial charge in [-0.2, -0.15) is 0 Å². The van der Waals surface area contributed by atoms with Gasteiger partial charge >= 0.3 is 7.60 Å². The van der Waals surface area contributed by atoms with Gasteiger partial charge in [-0.15, -0.1) is 0 Å². The molecule has 0 N–H and O–H groups in total. The maximum Gasteiger partial charge on any atom is 0.335 e. The molecule has 2 rings (SSSR count). The van der Waals surface area contributed by atoms with E-state index in [-0.39, 0.29) is 6.16 Å². The molecule has 1 aromatic carbocycles. The summed E-state index contributed by atoms with van der Waals surface area (Å²) in [6.45, 7) is 4.27. The van der Waals surface area contributed by atoms with E-state index in [2.05, 4.69) is 0 Å². The molecule has 1 heterocycles. The standard InChI is InChI=1S/C14H19O5P/c1-4-18-20(15,19-5-2)10-11-9-17-14-7-6-12(16-3)8-13(11)14/h6-9H,4-5,10H2,1-3H3. The van der Waals surface area contributed by atoms with Gasteiger partial charge in [0.15, 0.2) is 0 Å². The zero-order chi connectivity index (χ0) is 14.6. The van der Waals surface area contributed by atoms with Crippen molar-refractivity contribution in [3.8, 4) is 5.75 Å². The Labute approximate surface area is 118 Å². The molecule has 1 aromatic heterocycles. The van der Waals surface area contributed by atoms with E-state index in [9.17, 15) is 4.57 Å². The smallest absolute Gasteiger partial charge is 0.335 e. The molecule has 0 amide bonds. The first kappa shape index (κ1) is 15.1. The molecule has 0 fully saturated rings. The second-order valence-corrected chi connectivity index (χ2v) is 6.28. The van der Waals surface area contributed by atoms with Gasteiger partial charge in [-0.25, -0.2) is 0 Å². The van der Waals surface area contributed by atoms with Crippen molar-refractivity contribution < 1.29 is 22.8 Å². The molecule has 0 atom stereocenters. The molecule has 0 spiro atoms. The largest absolute Gasteiger partial charge is 0.497 e. The van der Waals surface area contributed by atoms with Crippen LogP contribution in [0.25, 0.3) is 11.0 Å². The van der Waals surface area contributed by atoms with Gasteiger partial charge in [0.1, 0.15) is 11.3 Å². The minimum Gasteiger partial charge on any atom is -0.497 e. The summed E-state index contributed by atoms with van der Waals surface area (Å²) in [5, 5.41) is 0.865. The van der Waals surface area contributed by atoms with Crippen LogP contribution in [-0.2, 0) is 19.8 Å². The van der Waals surface area contributed by atoms with Crippen LogP contribution in [0.2, 0.25) is 0 Å². The molecule has 0 aliphatic heterocycles. The van der Waals surface area contributed by atoms with Crippen molar-refractivity contribution in [1.29, 1.82) is 0 Å². The SMILES string of the molecule is CCOP(=O)(Cc1coc2ccc(OC)cc12)OCC. The van der Waals surface area contributed by atoms with Crippen molar-refractivity contribution >= 4 is 18.6 Å². The zero-order valence-electron chi connectivity index (χ0n) is 11.9. The predicted octanol–water partition coefficient (Wildman–Crippen LogP) is 4.21. The Kier molecular flexibility index (Phi) is 4.86. The lowest BCUT2D eigenvalue weighted by atomic mass is 10.2. The lowest BCUT2D eigenvalue weighted by molar-refractivity contribution is 0.219. The van der Waals surface area contributed by atoms with Crippen LogP contribution in [-0.4, -0.2) is 20.3 Å². The molecule has 0 aliphatic rings. The fourth-order valence-corrected chi connectivity index (χ4v) is 3.75. The summed E-state index contributed by atoms with van der Waals surface area (Å²) in [7, 11) is -1.53. The first-order valence-electron chi connectivity index (χ1n) is 6.54. The summed E-state index contributed by atoms with van der Waals surface area (Å²) in [4.78, 5) is 0. The molecular formula is C14H19O5P. The molecule has 2 aromatic rings. The van der Waals surface area contributed by atoms with E-state index in [4.69, 9.17) is 18.2 Å². The molecule has 110 valence electrons. The van der Waals surface area contributed by atoms with E-state index >= 15 is 0 Å². The Balaban J connectivity index is 2.34. The van der Waals surface area contributed by atoms with Crippen molar-refractivity contribution in [2.24, 2.45) is 0 Å². The summed E-state index contributed by atoms with van der Waals surface area (Å²) in [6, 6.07) is 5.50. The Hall–Kier alpha value is -1.29. The Morgan fingerprint density at radius 2 is 1.90 bits per heavy atom. The van der Waals surface area contributed by atoms with Gasteiger partial charge in [0.2, 0.25) is 0 Å². The minimum absolute atomic E-state index is 0.189. The Morgan fingerprint density at radius 1 is 1.20 bits per heavy atom. The van der Waals surface area contributed by atoms with Gasteiger partial charge in [-0.05, 0) is 32.0 Å². The van der Waals surface area contributed by atoms with E-state index in [1.54, 1.807) is 27.2 Å². The molecule has 0 saturated heterocycles. The average Bonchev–Trinajstić information content (AvgIpc) is 2.81. The average molecular weight is 298 g/mol. The summed E-state index contributed by atoms with van der Waals surface area (Å²) in [6.07, 6.45) is 1.78. The number of benzene rings is 1. The number of ether oxygens (including phenoxy) is 1. The van der Waals surface area contributed by atoms with Crippen LogP contribution < -0.4 is 4.74 Å². The molecule has 5 nitrogen and oxygen atoms in total. The topological polar surface area (TPSA) is 57.9 Å². The van der Waals surface area contributed by atoms with Gasteiger partial charge in [0.05, 0.1) is 32.7 Å². The first-order chi connectivity index (χ1) is 9.61. The van der Waals surface area contributed by atoms with Crippen molar-refractivity contribution in [2.75, 3.05) is 20.3 Å². The third-order valence-electron chi connectivity index (χ3n) is 2.88. The van der Waals surface area contributed by atoms with E-state index < -0.39 is 7.60 Å². The second-order valence-electron chi connectivity index (χ2n) is 4.23. The monoisotopic (exact) mass is 298 g/mol. The molecule has 0 unspecified atom stereocenters. The van der Waals surface area contributed by atoms with Crippen molar-refractivity contribution in [3.05, 3.63) is 30.0 Å². The highest BCUT2D eigenvalue weighted by Gasteiger charge is 2.26. The fraction of sp³-hybridized carbons (Fsp3) is 0.429. The third kappa shape index (κ3) is 3.23. The summed E-state index contributed by atoms with van der Waals surface area (Å²) >= 11 is 0. The zero-order valence-corrected chi connectivity index (χ0v) is 12.8. The molecule has 6 heteroatoms. The number of fused-ring (bicyclic) bond motifs is 1. The van der Waals surface area contributed by atoms with Crippen LogP contribution >= 0.6 is 7.60 Å². The third-order valence-corrected chi connectivity index (χ3v) is 4.91. The quantitative estimate of drug-likeness (QED) is 0.717. The van der Waals surface area contributed by atoms with Crippen molar-refractivity contribution in [2.45, 2.75) is 20.0 Å². The summed E-state index contributed by atoms with van der Waals surface area (Å²) in [5.74, 6) is 0.725. The lowest BCUT2D eigenvalue weighted by Gasteiger charge is -2.16. The molecule has 0 saturated carbocycles. The van der Waals surface area contributed by atoms with Crippen LogP contribution in [0, 0.1) is 0 Å². The fourth-order valence-electron chi connectivity index (χ4n) is 2.04. The maximum atomic E-state index is 12.6. The highest BCUT2D eigenvalue weighted by atomic mass is 31.2. The number of furan rings is 1. The molecule has 20 heavy (non-hydrogen) atoms. The van der Waals surface area contributed by atoms with E-state index in [0.717, 1.165) is 22.3 Å². The maximum absolute atomic E-state index is 12.6. The van der Waals surface area contributed by atoms with Gasteiger partial charge in [-0.3, -0.25) is 4.57 Å². The molecular weight excluding hydrogens is 279 g/mol. The van der Waals surface area contributed by atoms with E-state index in [1.165, 1.54) is 0 Å². The normalized spacial score (nSPS) is 11.9. The highest BCUT2D eigenvalue weighted by molar-refractivity contribution is 7.53. The Morgan fingerprint density at radius 3 is 2.50 bits per heavy atom. The van der Waals surface area contributed by atoms with Crippen LogP contribution in [0.4, 0.5) is 0 Å². The van der Waals surface area contributed by atoms with Crippen LogP contribution in [0.15, 0.2) is 28.9 Å². The predicted molar refractivity (Wildman–Crippen MR) is 77.3 cm³/mol. The molecule has 0 radical (unpaired) electrons. The summed E-state index contributed by atoms with van der Waals surface area (Å²) in [5.41, 5.74) is 1.52. The van der Waals surface area contributed by atoms with Crippen LogP contribution in [0.1, 0.15) is 19.4 Å². The highest BCUT2D eigenvalue weighted by Crippen LogP contribution is 2.52. The van der Waals surface area contributed by atoms with Crippen LogP contribution in [0.3, 0.4) is 0 Å². The van der Waals surface area contributed by atoms with E-state index in [0.29, 0.717) is 13.2 Å². The van der Waals surface area contributed by atoms with Crippen molar-refractivity contribution in [3.63, 3.8) is 0 Å². The second kappa shape index (κ2) is 6.44. The lowest BCUT2D eigenvalue weighted by Crippen LogP contribution is -1.98. The number of hydrogen-bond acceptors (Lipinski definition) is 5. The number of rotatable bonds is 7. The van der Waals surface area contributed by atoms with Gasteiger partial charge in [-0.1, -0.05) is 0 Å². The number of methoxy groups -OCH3 is 1. The minimum atomic E-state index is -3.14. The Bertz CT molecular complexity index is 609. The first-order valence-corrected chi connectivity index (χ1v) is 8.27. The van der Waals surface area contributed by atoms with Gasteiger partial charge < -0.3 is 18.2 Å². The molecule has 0 aliphatic carbocycles. The van der Waals surface area contributed by atoms with E-state index in [1.807, 2.05) is 18.2 Å².